The third-order valence-electron chi connectivity index (χ3n) is 3.53. The molecule has 0 aliphatic heterocycles. The predicted octanol–water partition coefficient (Wildman–Crippen LogP) is 4.03. The van der Waals surface area contributed by atoms with Crippen LogP contribution in [0.1, 0.15) is 30.5 Å². The van der Waals surface area contributed by atoms with Crippen LogP contribution in [-0.2, 0) is 0 Å². The average molecular weight is 288 g/mol. The predicted molar refractivity (Wildman–Crippen MR) is 82.4 cm³/mol. The van der Waals surface area contributed by atoms with Crippen molar-refractivity contribution in [2.45, 2.75) is 26.2 Å². The van der Waals surface area contributed by atoms with Gasteiger partial charge in [0.15, 0.2) is 5.75 Å². The monoisotopic (exact) mass is 288 g/mol. The standard InChI is InChI=1S/C17H21FN2O/c1-4-13(10-19-3)15-7-5-6-8-16(15)21-17-9-14(18)11-20-12(17)2/h5-9,11,13,19H,4,10H2,1-3H3/t13-/m0/s1. The maximum absolute atomic E-state index is 13.3. The van der Waals surface area contributed by atoms with Crippen LogP contribution in [0.5, 0.6) is 11.5 Å². The fraction of sp³-hybridized carbons (Fsp3) is 0.353. The third-order valence-corrected chi connectivity index (χ3v) is 3.53. The highest BCUT2D eigenvalue weighted by Crippen LogP contribution is 2.33. The Bertz CT molecular complexity index is 601. The largest absolute Gasteiger partial charge is 0.455 e. The molecule has 0 amide bonds. The number of aromatic nitrogens is 1. The molecule has 21 heavy (non-hydrogen) atoms. The highest BCUT2D eigenvalue weighted by molar-refractivity contribution is 5.41. The Hall–Kier alpha value is -1.94. The van der Waals surface area contributed by atoms with E-state index < -0.39 is 5.82 Å². The van der Waals surface area contributed by atoms with Crippen molar-refractivity contribution in [3.05, 3.63) is 53.6 Å². The minimum atomic E-state index is -0.393. The normalized spacial score (nSPS) is 12.2. The molecular weight excluding hydrogens is 267 g/mol. The van der Waals surface area contributed by atoms with Crippen LogP contribution in [0, 0.1) is 12.7 Å². The Balaban J connectivity index is 2.33. The van der Waals surface area contributed by atoms with Crippen molar-refractivity contribution in [3.8, 4) is 11.5 Å². The number of benzene rings is 1. The fourth-order valence-electron chi connectivity index (χ4n) is 2.34. The van der Waals surface area contributed by atoms with Crippen molar-refractivity contribution >= 4 is 0 Å². The van der Waals surface area contributed by atoms with E-state index in [9.17, 15) is 4.39 Å². The fourth-order valence-corrected chi connectivity index (χ4v) is 2.34. The molecule has 0 aliphatic rings. The van der Waals surface area contributed by atoms with E-state index in [1.165, 1.54) is 12.3 Å². The van der Waals surface area contributed by atoms with Crippen LogP contribution in [0.25, 0.3) is 0 Å². The number of pyridine rings is 1. The Morgan fingerprint density at radius 2 is 2.05 bits per heavy atom. The summed E-state index contributed by atoms with van der Waals surface area (Å²) in [5.41, 5.74) is 1.80. The molecule has 0 fully saturated rings. The van der Waals surface area contributed by atoms with Crippen LogP contribution in [0.3, 0.4) is 0 Å². The molecular formula is C17H21FN2O. The summed E-state index contributed by atoms with van der Waals surface area (Å²) in [4.78, 5) is 3.99. The van der Waals surface area contributed by atoms with E-state index in [0.717, 1.165) is 24.3 Å². The first kappa shape index (κ1) is 15.4. The first-order valence-corrected chi connectivity index (χ1v) is 7.19. The lowest BCUT2D eigenvalue weighted by molar-refractivity contribution is 0.453. The van der Waals surface area contributed by atoms with Gasteiger partial charge in [-0.3, -0.25) is 4.98 Å². The molecule has 0 saturated carbocycles. The molecule has 1 heterocycles. The summed E-state index contributed by atoms with van der Waals surface area (Å²) in [6.45, 7) is 4.83. The Kier molecular flexibility index (Phi) is 5.28. The summed E-state index contributed by atoms with van der Waals surface area (Å²) in [6.07, 6.45) is 2.20. The zero-order valence-electron chi connectivity index (χ0n) is 12.7. The second-order valence-corrected chi connectivity index (χ2v) is 5.04. The van der Waals surface area contributed by atoms with Crippen molar-refractivity contribution in [2.75, 3.05) is 13.6 Å². The zero-order chi connectivity index (χ0) is 15.2. The van der Waals surface area contributed by atoms with Crippen molar-refractivity contribution in [1.82, 2.24) is 10.3 Å². The minimum absolute atomic E-state index is 0.355. The molecule has 3 nitrogen and oxygen atoms in total. The molecule has 112 valence electrons. The summed E-state index contributed by atoms with van der Waals surface area (Å²) in [5.74, 6) is 1.18. The lowest BCUT2D eigenvalue weighted by atomic mass is 9.95. The first-order valence-electron chi connectivity index (χ1n) is 7.19. The molecule has 2 rings (SSSR count). The summed E-state index contributed by atoms with van der Waals surface area (Å²) >= 11 is 0. The lowest BCUT2D eigenvalue weighted by Gasteiger charge is -2.19. The van der Waals surface area contributed by atoms with Gasteiger partial charge in [-0.25, -0.2) is 4.39 Å². The van der Waals surface area contributed by atoms with Crippen molar-refractivity contribution in [1.29, 1.82) is 0 Å². The van der Waals surface area contributed by atoms with Gasteiger partial charge < -0.3 is 10.1 Å². The number of hydrogen-bond acceptors (Lipinski definition) is 3. The van der Waals surface area contributed by atoms with Gasteiger partial charge in [0.05, 0.1) is 11.9 Å². The van der Waals surface area contributed by atoms with E-state index in [4.69, 9.17) is 4.74 Å². The zero-order valence-corrected chi connectivity index (χ0v) is 12.7. The first-order chi connectivity index (χ1) is 10.2. The van der Waals surface area contributed by atoms with Gasteiger partial charge in [-0.1, -0.05) is 25.1 Å². The molecule has 0 unspecified atom stereocenters. The summed E-state index contributed by atoms with van der Waals surface area (Å²) in [5, 5.41) is 3.20. The molecule has 0 saturated heterocycles. The molecule has 0 radical (unpaired) electrons. The second kappa shape index (κ2) is 7.18. The topological polar surface area (TPSA) is 34.1 Å². The smallest absolute Gasteiger partial charge is 0.151 e. The van der Waals surface area contributed by atoms with E-state index in [1.54, 1.807) is 0 Å². The molecule has 0 aliphatic carbocycles. The highest BCUT2D eigenvalue weighted by Gasteiger charge is 2.15. The van der Waals surface area contributed by atoms with Crippen molar-refractivity contribution < 1.29 is 9.13 Å². The third kappa shape index (κ3) is 3.79. The molecule has 1 atom stereocenters. The number of nitrogens with one attached hydrogen (secondary N) is 1. The number of ether oxygens (including phenoxy) is 1. The van der Waals surface area contributed by atoms with Crippen LogP contribution in [0.4, 0.5) is 4.39 Å². The maximum Gasteiger partial charge on any atom is 0.151 e. The summed E-state index contributed by atoms with van der Waals surface area (Å²) in [7, 11) is 1.94. The van der Waals surface area contributed by atoms with Crippen molar-refractivity contribution in [2.24, 2.45) is 0 Å². The van der Waals surface area contributed by atoms with E-state index in [0.29, 0.717) is 17.4 Å². The number of hydrogen-bond donors (Lipinski definition) is 1. The van der Waals surface area contributed by atoms with Gasteiger partial charge in [-0.2, -0.15) is 0 Å². The number of para-hydroxylation sites is 1. The van der Waals surface area contributed by atoms with Gasteiger partial charge in [-0.15, -0.1) is 0 Å². The molecule has 0 bridgehead atoms. The number of aryl methyl sites for hydroxylation is 1. The SMILES string of the molecule is CC[C@@H](CNC)c1ccccc1Oc1cc(F)cnc1C. The van der Waals surface area contributed by atoms with Gasteiger partial charge in [0.25, 0.3) is 0 Å². The van der Waals surface area contributed by atoms with Gasteiger partial charge in [0, 0.05) is 12.6 Å². The molecule has 2 aromatic rings. The summed E-state index contributed by atoms with van der Waals surface area (Å²) in [6, 6.07) is 9.27. The van der Waals surface area contributed by atoms with E-state index in [-0.39, 0.29) is 0 Å². The Labute approximate surface area is 125 Å². The van der Waals surface area contributed by atoms with Crippen LogP contribution >= 0.6 is 0 Å². The molecule has 1 aromatic heterocycles. The molecule has 1 N–H and O–H groups in total. The molecule has 1 aromatic carbocycles. The maximum atomic E-state index is 13.3. The lowest BCUT2D eigenvalue weighted by Crippen LogP contribution is -2.17. The number of likely N-dealkylation sites (N-methyl/N-ethyl adjacent to an activating group) is 1. The van der Waals surface area contributed by atoms with Gasteiger partial charge in [-0.05, 0) is 37.9 Å². The van der Waals surface area contributed by atoms with Gasteiger partial charge >= 0.3 is 0 Å². The van der Waals surface area contributed by atoms with Crippen LogP contribution in [-0.4, -0.2) is 18.6 Å². The van der Waals surface area contributed by atoms with E-state index in [2.05, 4.69) is 23.3 Å². The van der Waals surface area contributed by atoms with Gasteiger partial charge in [0.1, 0.15) is 11.6 Å². The number of nitrogens with zero attached hydrogens (tertiary/aromatic N) is 1. The van der Waals surface area contributed by atoms with Crippen LogP contribution in [0.15, 0.2) is 36.5 Å². The Morgan fingerprint density at radius 1 is 1.29 bits per heavy atom. The van der Waals surface area contributed by atoms with Crippen LogP contribution < -0.4 is 10.1 Å². The average Bonchev–Trinajstić information content (AvgIpc) is 2.49. The van der Waals surface area contributed by atoms with Crippen molar-refractivity contribution in [3.63, 3.8) is 0 Å². The van der Waals surface area contributed by atoms with Gasteiger partial charge in [0.2, 0.25) is 0 Å². The number of rotatable bonds is 6. The number of halogens is 1. The van der Waals surface area contributed by atoms with E-state index in [1.807, 2.05) is 32.2 Å². The molecule has 0 spiro atoms. The Morgan fingerprint density at radius 3 is 2.76 bits per heavy atom. The quantitative estimate of drug-likeness (QED) is 0.871. The van der Waals surface area contributed by atoms with E-state index >= 15 is 0 Å². The second-order valence-electron chi connectivity index (χ2n) is 5.04. The summed E-state index contributed by atoms with van der Waals surface area (Å²) < 4.78 is 19.3. The minimum Gasteiger partial charge on any atom is -0.455 e. The highest BCUT2D eigenvalue weighted by atomic mass is 19.1. The molecule has 4 heteroatoms. The van der Waals surface area contributed by atoms with Crippen LogP contribution in [0.2, 0.25) is 0 Å².